The van der Waals surface area contributed by atoms with Crippen molar-refractivity contribution < 1.29 is 0 Å². The van der Waals surface area contributed by atoms with Crippen LogP contribution in [-0.2, 0) is 0 Å². The number of aromatic nitrogens is 2. The molecule has 0 spiro atoms. The molecule has 0 saturated heterocycles. The van der Waals surface area contributed by atoms with E-state index >= 15 is 0 Å². The summed E-state index contributed by atoms with van der Waals surface area (Å²) in [5.74, 6) is 0. The van der Waals surface area contributed by atoms with Gasteiger partial charge in [-0.05, 0) is 13.8 Å². The number of H-pyrrole nitrogens is 1. The summed E-state index contributed by atoms with van der Waals surface area (Å²) in [6, 6.07) is -0.159. The Labute approximate surface area is 77.9 Å². The fourth-order valence-corrected chi connectivity index (χ4v) is 1.29. The van der Waals surface area contributed by atoms with Gasteiger partial charge in [0.15, 0.2) is 0 Å². The third-order valence-corrected chi connectivity index (χ3v) is 1.96. The molecule has 1 rings (SSSR count). The summed E-state index contributed by atoms with van der Waals surface area (Å²) in [5, 5.41) is 10.1. The SMILES string of the molecule is CNc1c(C(C)N)n[nH]c1C(C)N. The van der Waals surface area contributed by atoms with Gasteiger partial charge in [-0.25, -0.2) is 0 Å². The van der Waals surface area contributed by atoms with Crippen molar-refractivity contribution in [3.8, 4) is 0 Å². The molecule has 5 nitrogen and oxygen atoms in total. The minimum atomic E-state index is -0.0915. The van der Waals surface area contributed by atoms with Crippen LogP contribution in [0.3, 0.4) is 0 Å². The summed E-state index contributed by atoms with van der Waals surface area (Å²) in [7, 11) is 1.84. The number of nitrogens with zero attached hydrogens (tertiary/aromatic N) is 1. The largest absolute Gasteiger partial charge is 0.385 e. The highest BCUT2D eigenvalue weighted by Crippen LogP contribution is 2.25. The highest BCUT2D eigenvalue weighted by Gasteiger charge is 2.16. The summed E-state index contributed by atoms with van der Waals surface area (Å²) >= 11 is 0. The van der Waals surface area contributed by atoms with E-state index < -0.39 is 0 Å². The number of hydrogen-bond acceptors (Lipinski definition) is 4. The monoisotopic (exact) mass is 183 g/mol. The molecule has 1 aromatic heterocycles. The van der Waals surface area contributed by atoms with Crippen molar-refractivity contribution in [3.63, 3.8) is 0 Å². The van der Waals surface area contributed by atoms with Crippen LogP contribution in [0.1, 0.15) is 37.3 Å². The lowest BCUT2D eigenvalue weighted by Crippen LogP contribution is -2.10. The minimum Gasteiger partial charge on any atom is -0.385 e. The number of nitrogens with two attached hydrogens (primary N) is 2. The van der Waals surface area contributed by atoms with Gasteiger partial charge in [0.2, 0.25) is 0 Å². The summed E-state index contributed by atoms with van der Waals surface area (Å²) in [5.41, 5.74) is 14.1. The fraction of sp³-hybridized carbons (Fsp3) is 0.625. The molecule has 0 fully saturated rings. The Bertz CT molecular complexity index is 251. The highest BCUT2D eigenvalue weighted by molar-refractivity contribution is 5.54. The van der Waals surface area contributed by atoms with Gasteiger partial charge in [-0.3, -0.25) is 5.10 Å². The number of aromatic amines is 1. The van der Waals surface area contributed by atoms with Crippen LogP contribution in [0.5, 0.6) is 0 Å². The maximum atomic E-state index is 5.75. The summed E-state index contributed by atoms with van der Waals surface area (Å²) in [6.45, 7) is 3.79. The second-order valence-corrected chi connectivity index (χ2v) is 3.22. The zero-order chi connectivity index (χ0) is 10.0. The Morgan fingerprint density at radius 2 is 1.92 bits per heavy atom. The predicted molar refractivity (Wildman–Crippen MR) is 53.3 cm³/mol. The summed E-state index contributed by atoms with van der Waals surface area (Å²) < 4.78 is 0. The molecule has 2 unspecified atom stereocenters. The van der Waals surface area contributed by atoms with Crippen LogP contribution in [0.2, 0.25) is 0 Å². The van der Waals surface area contributed by atoms with E-state index in [1.165, 1.54) is 0 Å². The normalized spacial score (nSPS) is 15.5. The van der Waals surface area contributed by atoms with Crippen LogP contribution in [0, 0.1) is 0 Å². The lowest BCUT2D eigenvalue weighted by atomic mass is 10.1. The predicted octanol–water partition coefficient (Wildman–Crippen LogP) is 0.491. The van der Waals surface area contributed by atoms with Crippen molar-refractivity contribution >= 4 is 5.69 Å². The van der Waals surface area contributed by atoms with Gasteiger partial charge in [0, 0.05) is 19.1 Å². The van der Waals surface area contributed by atoms with E-state index in [0.29, 0.717) is 0 Å². The van der Waals surface area contributed by atoms with Gasteiger partial charge in [-0.2, -0.15) is 5.10 Å². The highest BCUT2D eigenvalue weighted by atomic mass is 15.2. The molecule has 13 heavy (non-hydrogen) atoms. The lowest BCUT2D eigenvalue weighted by Gasteiger charge is -2.08. The quantitative estimate of drug-likeness (QED) is 0.548. The molecule has 1 aromatic rings. The third-order valence-electron chi connectivity index (χ3n) is 1.96. The van der Waals surface area contributed by atoms with Gasteiger partial charge in [0.25, 0.3) is 0 Å². The van der Waals surface area contributed by atoms with Crippen LogP contribution >= 0.6 is 0 Å². The first kappa shape index (κ1) is 10.0. The Kier molecular flexibility index (Phi) is 2.90. The molecule has 0 saturated carbocycles. The summed E-state index contributed by atoms with van der Waals surface area (Å²) in [4.78, 5) is 0. The Morgan fingerprint density at radius 1 is 1.31 bits per heavy atom. The molecule has 0 aliphatic heterocycles. The Balaban J connectivity index is 3.10. The molecule has 5 heteroatoms. The topological polar surface area (TPSA) is 92.7 Å². The van der Waals surface area contributed by atoms with E-state index in [1.807, 2.05) is 20.9 Å². The zero-order valence-corrected chi connectivity index (χ0v) is 8.26. The van der Waals surface area contributed by atoms with Crippen LogP contribution < -0.4 is 16.8 Å². The van der Waals surface area contributed by atoms with Gasteiger partial charge < -0.3 is 16.8 Å². The second kappa shape index (κ2) is 3.76. The lowest BCUT2D eigenvalue weighted by molar-refractivity contribution is 0.757. The van der Waals surface area contributed by atoms with Crippen molar-refractivity contribution in [1.82, 2.24) is 10.2 Å². The van der Waals surface area contributed by atoms with E-state index in [2.05, 4.69) is 15.5 Å². The van der Waals surface area contributed by atoms with Crippen molar-refractivity contribution in [2.45, 2.75) is 25.9 Å². The molecule has 0 bridgehead atoms. The van der Waals surface area contributed by atoms with Crippen molar-refractivity contribution in [2.24, 2.45) is 11.5 Å². The molecule has 0 aliphatic carbocycles. The van der Waals surface area contributed by atoms with Crippen LogP contribution in [0.25, 0.3) is 0 Å². The van der Waals surface area contributed by atoms with E-state index in [4.69, 9.17) is 11.5 Å². The number of rotatable bonds is 3. The molecule has 0 amide bonds. The first-order valence-corrected chi connectivity index (χ1v) is 4.35. The van der Waals surface area contributed by atoms with Crippen molar-refractivity contribution in [1.29, 1.82) is 0 Å². The molecule has 0 aromatic carbocycles. The van der Waals surface area contributed by atoms with E-state index in [0.717, 1.165) is 17.1 Å². The molecule has 6 N–H and O–H groups in total. The van der Waals surface area contributed by atoms with Crippen LogP contribution in [-0.4, -0.2) is 17.2 Å². The maximum absolute atomic E-state index is 5.75. The van der Waals surface area contributed by atoms with Gasteiger partial charge in [0.1, 0.15) is 5.69 Å². The number of nitrogens with one attached hydrogen (secondary N) is 2. The Hall–Kier alpha value is -1.07. The molecular weight excluding hydrogens is 166 g/mol. The Morgan fingerprint density at radius 3 is 2.31 bits per heavy atom. The first-order valence-electron chi connectivity index (χ1n) is 4.35. The molecule has 0 aliphatic rings. The fourth-order valence-electron chi connectivity index (χ4n) is 1.29. The minimum absolute atomic E-state index is 0.0672. The smallest absolute Gasteiger partial charge is 0.102 e. The third kappa shape index (κ3) is 1.81. The second-order valence-electron chi connectivity index (χ2n) is 3.22. The van der Waals surface area contributed by atoms with Gasteiger partial charge in [-0.1, -0.05) is 0 Å². The van der Waals surface area contributed by atoms with E-state index in [9.17, 15) is 0 Å². The van der Waals surface area contributed by atoms with Crippen LogP contribution in [0.15, 0.2) is 0 Å². The average Bonchev–Trinajstić information content (AvgIpc) is 2.46. The first-order chi connectivity index (χ1) is 6.07. The maximum Gasteiger partial charge on any atom is 0.102 e. The van der Waals surface area contributed by atoms with Crippen LogP contribution in [0.4, 0.5) is 5.69 Å². The van der Waals surface area contributed by atoms with E-state index in [1.54, 1.807) is 0 Å². The zero-order valence-electron chi connectivity index (χ0n) is 8.26. The van der Waals surface area contributed by atoms with Gasteiger partial charge in [-0.15, -0.1) is 0 Å². The van der Waals surface area contributed by atoms with Gasteiger partial charge >= 0.3 is 0 Å². The molecule has 2 atom stereocenters. The standard InChI is InChI=1S/C8H17N5/c1-4(9)6-8(11-3)7(5(2)10)13-12-6/h4-5,11H,9-10H2,1-3H3,(H,12,13). The molecule has 74 valence electrons. The van der Waals surface area contributed by atoms with Crippen molar-refractivity contribution in [3.05, 3.63) is 11.4 Å². The average molecular weight is 183 g/mol. The van der Waals surface area contributed by atoms with Crippen molar-refractivity contribution in [2.75, 3.05) is 12.4 Å². The molecule has 1 heterocycles. The molecule has 0 radical (unpaired) electrons. The number of anilines is 1. The van der Waals surface area contributed by atoms with E-state index in [-0.39, 0.29) is 12.1 Å². The van der Waals surface area contributed by atoms with Gasteiger partial charge in [0.05, 0.1) is 11.4 Å². The molecular formula is C8H17N5. The summed E-state index contributed by atoms with van der Waals surface area (Å²) in [6.07, 6.45) is 0. The number of hydrogen-bond donors (Lipinski definition) is 4.